The number of anilines is 2. The Morgan fingerprint density at radius 2 is 1.16 bits per heavy atom. The number of carbonyl (C=O) groups is 5. The lowest BCUT2D eigenvalue weighted by Crippen LogP contribution is -2.61. The van der Waals surface area contributed by atoms with E-state index in [1.54, 1.807) is 69.3 Å². The van der Waals surface area contributed by atoms with Gasteiger partial charge in [-0.1, -0.05) is 50.6 Å². The Balaban J connectivity index is 1.51. The third-order valence-electron chi connectivity index (χ3n) is 9.82. The Morgan fingerprint density at radius 1 is 0.711 bits per heavy atom. The molecule has 2 saturated heterocycles. The summed E-state index contributed by atoms with van der Waals surface area (Å²) in [5.41, 5.74) is -0.174. The van der Waals surface area contributed by atoms with E-state index < -0.39 is 64.6 Å². The molecule has 4 amide bonds. The highest BCUT2D eigenvalue weighted by Gasteiger charge is 2.77. The first-order chi connectivity index (χ1) is 21.6. The van der Waals surface area contributed by atoms with Crippen LogP contribution < -0.4 is 19.3 Å². The number of amides is 4. The summed E-state index contributed by atoms with van der Waals surface area (Å²) in [6, 6.07) is 13.7. The number of hydrogen-bond acceptors (Lipinski definition) is 8. The number of carbonyl (C=O) groups excluding carboxylic acids is 5. The van der Waals surface area contributed by atoms with Gasteiger partial charge >= 0.3 is 5.97 Å². The summed E-state index contributed by atoms with van der Waals surface area (Å²) in [4.78, 5) is 73.9. The van der Waals surface area contributed by atoms with Crippen molar-refractivity contribution in [1.29, 1.82) is 0 Å². The Hall–Kier alpha value is -4.47. The maximum Gasteiger partial charge on any atom is 0.334 e. The fourth-order valence-corrected chi connectivity index (χ4v) is 8.24. The molecule has 2 bridgehead atoms. The Kier molecular flexibility index (Phi) is 7.79. The van der Waals surface area contributed by atoms with Gasteiger partial charge in [-0.25, -0.2) is 14.6 Å². The largest absolute Gasteiger partial charge is 0.491 e. The van der Waals surface area contributed by atoms with Gasteiger partial charge in [0.1, 0.15) is 11.5 Å². The molecular formula is C35H38N2O8. The smallest absolute Gasteiger partial charge is 0.334 e. The molecule has 1 saturated carbocycles. The number of ether oxygens (including phenoxy) is 3. The van der Waals surface area contributed by atoms with E-state index in [1.807, 2.05) is 13.8 Å². The van der Waals surface area contributed by atoms with E-state index in [0.717, 1.165) is 22.6 Å². The Morgan fingerprint density at radius 3 is 1.58 bits per heavy atom. The molecule has 3 fully saturated rings. The third kappa shape index (κ3) is 4.24. The SMILES string of the molecule is CCCOc1ccccc1N1C(=O)C2C3C(C)=C(C(=O)OCC)C(C)(C2C1=O)C1C(=O)N(c2ccccc2OCCC)C(=O)C31. The lowest BCUT2D eigenvalue weighted by Gasteiger charge is -2.55. The molecule has 0 radical (unpaired) electrons. The van der Waals surface area contributed by atoms with Crippen LogP contribution >= 0.6 is 0 Å². The molecule has 236 valence electrons. The van der Waals surface area contributed by atoms with Crippen molar-refractivity contribution < 1.29 is 38.2 Å². The summed E-state index contributed by atoms with van der Waals surface area (Å²) in [6.45, 7) is 9.85. The van der Waals surface area contributed by atoms with Gasteiger partial charge in [-0.05, 0) is 51.0 Å². The van der Waals surface area contributed by atoms with Crippen LogP contribution in [0, 0.1) is 35.0 Å². The summed E-state index contributed by atoms with van der Waals surface area (Å²) in [6.07, 6.45) is 1.45. The highest BCUT2D eigenvalue weighted by molar-refractivity contribution is 6.28. The van der Waals surface area contributed by atoms with Gasteiger partial charge in [-0.2, -0.15) is 0 Å². The van der Waals surface area contributed by atoms with E-state index in [1.165, 1.54) is 0 Å². The normalized spacial score (nSPS) is 28.5. The van der Waals surface area contributed by atoms with Crippen LogP contribution in [0.1, 0.15) is 47.5 Å². The van der Waals surface area contributed by atoms with Crippen LogP contribution in [0.25, 0.3) is 0 Å². The zero-order chi connectivity index (χ0) is 32.2. The average Bonchev–Trinajstić information content (AvgIpc) is 3.45. The second kappa shape index (κ2) is 11.5. The van der Waals surface area contributed by atoms with Crippen LogP contribution in [-0.4, -0.2) is 49.4 Å². The Labute approximate surface area is 262 Å². The minimum atomic E-state index is -1.50. The zero-order valence-electron chi connectivity index (χ0n) is 26.2. The van der Waals surface area contributed by atoms with Crippen molar-refractivity contribution >= 4 is 41.0 Å². The third-order valence-corrected chi connectivity index (χ3v) is 9.82. The van der Waals surface area contributed by atoms with Crippen molar-refractivity contribution in [2.75, 3.05) is 29.6 Å². The summed E-state index contributed by atoms with van der Waals surface area (Å²) in [5, 5.41) is 0. The van der Waals surface area contributed by atoms with Gasteiger partial charge in [0.05, 0.1) is 54.9 Å². The van der Waals surface area contributed by atoms with E-state index >= 15 is 0 Å². The summed E-state index contributed by atoms with van der Waals surface area (Å²) < 4.78 is 17.3. The molecule has 10 nitrogen and oxygen atoms in total. The van der Waals surface area contributed by atoms with Crippen molar-refractivity contribution in [3.8, 4) is 11.5 Å². The van der Waals surface area contributed by atoms with Crippen LogP contribution in [0.5, 0.6) is 11.5 Å². The maximum absolute atomic E-state index is 14.6. The van der Waals surface area contributed by atoms with Crippen molar-refractivity contribution in [3.05, 3.63) is 59.7 Å². The van der Waals surface area contributed by atoms with E-state index in [9.17, 15) is 24.0 Å². The molecule has 0 N–H and O–H groups in total. The second-order valence-electron chi connectivity index (χ2n) is 12.3. The van der Waals surface area contributed by atoms with Crippen molar-refractivity contribution in [2.45, 2.75) is 47.5 Å². The first-order valence-corrected chi connectivity index (χ1v) is 15.7. The van der Waals surface area contributed by atoms with E-state index in [4.69, 9.17) is 14.2 Å². The molecule has 10 heteroatoms. The lowest BCUT2D eigenvalue weighted by molar-refractivity contribution is -0.155. The van der Waals surface area contributed by atoms with Crippen LogP contribution in [0.4, 0.5) is 11.4 Å². The monoisotopic (exact) mass is 614 g/mol. The summed E-state index contributed by atoms with van der Waals surface area (Å²) >= 11 is 0. The van der Waals surface area contributed by atoms with Crippen molar-refractivity contribution in [1.82, 2.24) is 0 Å². The molecule has 45 heavy (non-hydrogen) atoms. The molecule has 2 aliphatic heterocycles. The molecule has 0 aromatic heterocycles. The topological polar surface area (TPSA) is 120 Å². The number of hydrogen-bond donors (Lipinski definition) is 0. The molecule has 2 aromatic rings. The van der Waals surface area contributed by atoms with E-state index in [0.29, 0.717) is 41.7 Å². The number of nitrogens with zero attached hydrogens (tertiary/aromatic N) is 2. The fourth-order valence-electron chi connectivity index (χ4n) is 8.24. The fraction of sp³-hybridized carbons (Fsp3) is 0.457. The van der Waals surface area contributed by atoms with Crippen LogP contribution in [0.3, 0.4) is 0 Å². The van der Waals surface area contributed by atoms with Gasteiger partial charge in [0.25, 0.3) is 0 Å². The predicted octanol–water partition coefficient (Wildman–Crippen LogP) is 4.70. The maximum atomic E-state index is 14.6. The van der Waals surface area contributed by atoms with Crippen molar-refractivity contribution in [2.24, 2.45) is 35.0 Å². The van der Waals surface area contributed by atoms with Crippen LogP contribution in [0.15, 0.2) is 59.7 Å². The molecule has 4 unspecified atom stereocenters. The van der Waals surface area contributed by atoms with Crippen LogP contribution in [0.2, 0.25) is 0 Å². The standard InChI is InChI=1S/C35H38N2O8/c1-6-17-44-22-15-11-9-13-20(22)36-30(38)25-24-19(4)27(34(42)43-8-3)35(5,28(25)32(36)40)29-26(24)31(39)37(33(29)41)21-14-10-12-16-23(21)45-18-7-2/h9-16,24-26,28-29H,6-8,17-18H2,1-5H3. The molecule has 2 heterocycles. The predicted molar refractivity (Wildman–Crippen MR) is 164 cm³/mol. The minimum absolute atomic E-state index is 0.0842. The molecule has 4 atom stereocenters. The van der Waals surface area contributed by atoms with Crippen molar-refractivity contribution in [3.63, 3.8) is 0 Å². The average molecular weight is 615 g/mol. The summed E-state index contributed by atoms with van der Waals surface area (Å²) in [7, 11) is 0. The molecule has 7 rings (SSSR count). The first-order valence-electron chi connectivity index (χ1n) is 15.7. The zero-order valence-corrected chi connectivity index (χ0v) is 26.2. The summed E-state index contributed by atoms with van der Waals surface area (Å²) in [5.74, 6) is -6.78. The van der Waals surface area contributed by atoms with E-state index in [2.05, 4.69) is 0 Å². The van der Waals surface area contributed by atoms with Gasteiger partial charge in [0, 0.05) is 16.9 Å². The highest BCUT2D eigenvalue weighted by Crippen LogP contribution is 2.69. The first kappa shape index (κ1) is 30.6. The number of allylic oxidation sites excluding steroid dienone is 1. The molecule has 3 aliphatic carbocycles. The van der Waals surface area contributed by atoms with E-state index in [-0.39, 0.29) is 12.2 Å². The quantitative estimate of drug-likeness (QED) is 0.279. The van der Waals surface area contributed by atoms with Gasteiger partial charge in [0.15, 0.2) is 0 Å². The molecule has 2 aromatic carbocycles. The van der Waals surface area contributed by atoms with Gasteiger partial charge in [-0.3, -0.25) is 19.2 Å². The lowest BCUT2D eigenvalue weighted by atomic mass is 9.43. The second-order valence-corrected chi connectivity index (χ2v) is 12.3. The number of benzene rings is 2. The minimum Gasteiger partial charge on any atom is -0.491 e. The number of imide groups is 2. The number of esters is 1. The Bertz CT molecular complexity index is 1530. The van der Waals surface area contributed by atoms with Gasteiger partial charge < -0.3 is 14.2 Å². The van der Waals surface area contributed by atoms with Gasteiger partial charge in [-0.15, -0.1) is 0 Å². The van der Waals surface area contributed by atoms with Crippen LogP contribution in [-0.2, 0) is 28.7 Å². The molecule has 0 spiro atoms. The molecular weight excluding hydrogens is 576 g/mol. The van der Waals surface area contributed by atoms with Gasteiger partial charge in [0.2, 0.25) is 23.6 Å². The molecule has 5 aliphatic rings. The highest BCUT2D eigenvalue weighted by atomic mass is 16.5. The number of rotatable bonds is 10. The number of para-hydroxylation sites is 4.